The lowest BCUT2D eigenvalue weighted by Crippen LogP contribution is -2.51. The lowest BCUT2D eigenvalue weighted by Gasteiger charge is -2.35. The van der Waals surface area contributed by atoms with E-state index < -0.39 is 10.0 Å². The first-order valence-corrected chi connectivity index (χ1v) is 12.5. The van der Waals surface area contributed by atoms with Gasteiger partial charge in [-0.3, -0.25) is 9.59 Å². The molecule has 0 spiro atoms. The lowest BCUT2D eigenvalue weighted by molar-refractivity contribution is -0.134. The topological polar surface area (TPSA) is 78.0 Å². The largest absolute Gasteiger partial charge is 0.339 e. The van der Waals surface area contributed by atoms with Crippen LogP contribution >= 0.6 is 11.6 Å². The summed E-state index contributed by atoms with van der Waals surface area (Å²) in [7, 11) is -2.30. The highest BCUT2D eigenvalue weighted by Crippen LogP contribution is 2.31. The van der Waals surface area contributed by atoms with Crippen LogP contribution in [0, 0.1) is 5.92 Å². The molecule has 1 saturated heterocycles. The van der Waals surface area contributed by atoms with Crippen LogP contribution in [0.15, 0.2) is 53.4 Å². The Bertz CT molecular complexity index is 1110. The number of amides is 2. The Morgan fingerprint density at radius 2 is 1.62 bits per heavy atom. The smallest absolute Gasteiger partial charge is 0.255 e. The monoisotopic (exact) mass is 475 g/mol. The van der Waals surface area contributed by atoms with Crippen LogP contribution in [-0.4, -0.2) is 67.6 Å². The number of sulfonamides is 1. The first-order chi connectivity index (χ1) is 15.3. The second kappa shape index (κ2) is 9.21. The minimum Gasteiger partial charge on any atom is -0.339 e. The molecular formula is C23H26ClN3O4S. The molecule has 7 nitrogen and oxygen atoms in total. The molecule has 1 aliphatic carbocycles. The molecule has 9 heteroatoms. The van der Waals surface area contributed by atoms with Crippen molar-refractivity contribution in [1.82, 2.24) is 14.1 Å². The van der Waals surface area contributed by atoms with Gasteiger partial charge in [-0.25, -0.2) is 8.42 Å². The molecule has 1 saturated carbocycles. The zero-order chi connectivity index (χ0) is 22.9. The zero-order valence-electron chi connectivity index (χ0n) is 17.9. The van der Waals surface area contributed by atoms with Crippen molar-refractivity contribution in [2.24, 2.45) is 5.92 Å². The Morgan fingerprint density at radius 1 is 1.00 bits per heavy atom. The van der Waals surface area contributed by atoms with E-state index in [0.29, 0.717) is 26.2 Å². The molecule has 0 aromatic heterocycles. The summed E-state index contributed by atoms with van der Waals surface area (Å²) in [6.45, 7) is 1.98. The van der Waals surface area contributed by atoms with Crippen molar-refractivity contribution in [3.8, 4) is 0 Å². The fraction of sp³-hybridized carbons (Fsp3) is 0.391. The molecule has 1 aliphatic heterocycles. The number of benzene rings is 2. The Morgan fingerprint density at radius 3 is 2.25 bits per heavy atom. The highest BCUT2D eigenvalue weighted by atomic mass is 35.5. The number of carbonyl (C=O) groups excluding carboxylic acids is 2. The first kappa shape index (κ1) is 22.8. The maximum atomic E-state index is 13.1. The van der Waals surface area contributed by atoms with Crippen LogP contribution in [0.3, 0.4) is 0 Å². The summed E-state index contributed by atoms with van der Waals surface area (Å²) in [5.41, 5.74) is 1.02. The van der Waals surface area contributed by atoms with E-state index in [1.807, 2.05) is 35.2 Å². The van der Waals surface area contributed by atoms with Gasteiger partial charge < -0.3 is 9.80 Å². The summed E-state index contributed by atoms with van der Waals surface area (Å²) in [5.74, 6) is 0.00224. The molecule has 1 heterocycles. The molecule has 0 unspecified atom stereocenters. The van der Waals surface area contributed by atoms with Gasteiger partial charge in [0, 0.05) is 45.7 Å². The van der Waals surface area contributed by atoms with Crippen molar-refractivity contribution in [2.45, 2.75) is 24.3 Å². The van der Waals surface area contributed by atoms with Crippen LogP contribution in [0.2, 0.25) is 5.02 Å². The van der Waals surface area contributed by atoms with E-state index >= 15 is 0 Å². The summed E-state index contributed by atoms with van der Waals surface area (Å²) < 4.78 is 27.5. The molecule has 0 N–H and O–H groups in total. The van der Waals surface area contributed by atoms with Crippen LogP contribution in [0.5, 0.6) is 0 Å². The zero-order valence-corrected chi connectivity index (χ0v) is 19.5. The maximum absolute atomic E-state index is 13.1. The van der Waals surface area contributed by atoms with E-state index in [0.717, 1.165) is 18.4 Å². The Hall–Kier alpha value is -2.42. The number of hydrogen-bond acceptors (Lipinski definition) is 4. The van der Waals surface area contributed by atoms with Crippen LogP contribution < -0.4 is 0 Å². The number of carbonyl (C=O) groups is 2. The van der Waals surface area contributed by atoms with Gasteiger partial charge in [0.1, 0.15) is 0 Å². The van der Waals surface area contributed by atoms with E-state index in [2.05, 4.69) is 0 Å². The van der Waals surface area contributed by atoms with E-state index in [-0.39, 0.29) is 39.8 Å². The summed E-state index contributed by atoms with van der Waals surface area (Å²) in [6, 6.07) is 13.5. The van der Waals surface area contributed by atoms with Crippen molar-refractivity contribution >= 4 is 33.4 Å². The maximum Gasteiger partial charge on any atom is 0.255 e. The molecule has 2 aliphatic rings. The van der Waals surface area contributed by atoms with Crippen molar-refractivity contribution in [2.75, 3.05) is 33.2 Å². The highest BCUT2D eigenvalue weighted by Gasteiger charge is 2.35. The molecule has 2 aromatic carbocycles. The molecule has 2 fully saturated rings. The van der Waals surface area contributed by atoms with E-state index in [1.54, 1.807) is 4.90 Å². The van der Waals surface area contributed by atoms with Gasteiger partial charge in [-0.05, 0) is 36.6 Å². The Labute approximate surface area is 193 Å². The number of hydrogen-bond donors (Lipinski definition) is 0. The van der Waals surface area contributed by atoms with Gasteiger partial charge in [0.15, 0.2) is 0 Å². The van der Waals surface area contributed by atoms with Crippen LogP contribution in [0.1, 0.15) is 28.8 Å². The van der Waals surface area contributed by atoms with Gasteiger partial charge in [0.2, 0.25) is 15.9 Å². The Kier molecular flexibility index (Phi) is 6.55. The molecule has 0 bridgehead atoms. The quantitative estimate of drug-likeness (QED) is 0.643. The minimum atomic E-state index is -3.81. The second-order valence-electron chi connectivity index (χ2n) is 8.28. The van der Waals surface area contributed by atoms with Crippen LogP contribution in [0.4, 0.5) is 0 Å². The van der Waals surface area contributed by atoms with Crippen molar-refractivity contribution in [3.63, 3.8) is 0 Å². The predicted molar refractivity (Wildman–Crippen MR) is 122 cm³/mol. The van der Waals surface area contributed by atoms with Gasteiger partial charge in [0.25, 0.3) is 5.91 Å². The van der Waals surface area contributed by atoms with Crippen LogP contribution in [0.25, 0.3) is 0 Å². The van der Waals surface area contributed by atoms with E-state index in [9.17, 15) is 18.0 Å². The Balaban J connectivity index is 1.48. The van der Waals surface area contributed by atoms with Crippen molar-refractivity contribution in [1.29, 1.82) is 0 Å². The normalized spacial score (nSPS) is 17.0. The number of piperazine rings is 1. The molecule has 2 amide bonds. The van der Waals surface area contributed by atoms with Gasteiger partial charge in [-0.1, -0.05) is 41.9 Å². The average Bonchev–Trinajstić information content (AvgIpc) is 3.64. The minimum absolute atomic E-state index is 0.0197. The van der Waals surface area contributed by atoms with Crippen molar-refractivity contribution < 1.29 is 18.0 Å². The fourth-order valence-electron chi connectivity index (χ4n) is 3.82. The van der Waals surface area contributed by atoms with Gasteiger partial charge in [-0.15, -0.1) is 0 Å². The molecule has 32 heavy (non-hydrogen) atoms. The third kappa shape index (κ3) is 4.82. The summed E-state index contributed by atoms with van der Waals surface area (Å²) >= 11 is 6.28. The van der Waals surface area contributed by atoms with E-state index in [1.165, 1.54) is 29.6 Å². The molecule has 170 valence electrons. The van der Waals surface area contributed by atoms with E-state index in [4.69, 9.17) is 11.6 Å². The standard InChI is InChI=1S/C23H26ClN3O4S/c1-25(16-17-5-3-2-4-6-17)32(30,31)19-9-10-21(24)20(15-19)23(29)27-13-11-26(12-14-27)22(28)18-7-8-18/h2-6,9-10,15,18H,7-8,11-14,16H2,1H3. The molecule has 0 radical (unpaired) electrons. The third-order valence-electron chi connectivity index (χ3n) is 5.93. The molecular weight excluding hydrogens is 450 g/mol. The number of rotatable bonds is 6. The third-order valence-corrected chi connectivity index (χ3v) is 8.06. The summed E-state index contributed by atoms with van der Waals surface area (Å²) in [4.78, 5) is 28.8. The highest BCUT2D eigenvalue weighted by molar-refractivity contribution is 7.89. The second-order valence-corrected chi connectivity index (χ2v) is 10.7. The number of nitrogens with zero attached hydrogens (tertiary/aromatic N) is 3. The average molecular weight is 476 g/mol. The first-order valence-electron chi connectivity index (χ1n) is 10.7. The SMILES string of the molecule is CN(Cc1ccccc1)S(=O)(=O)c1ccc(Cl)c(C(=O)N2CCN(C(=O)C3CC3)CC2)c1. The summed E-state index contributed by atoms with van der Waals surface area (Å²) in [6.07, 6.45) is 1.90. The van der Waals surface area contributed by atoms with Crippen LogP contribution in [-0.2, 0) is 21.4 Å². The van der Waals surface area contributed by atoms with Gasteiger partial charge >= 0.3 is 0 Å². The predicted octanol–water partition coefficient (Wildman–Crippen LogP) is 2.86. The molecule has 2 aromatic rings. The fourth-order valence-corrected chi connectivity index (χ4v) is 5.21. The van der Waals surface area contributed by atoms with Gasteiger partial charge in [-0.2, -0.15) is 4.31 Å². The number of halogens is 1. The lowest BCUT2D eigenvalue weighted by atomic mass is 10.1. The summed E-state index contributed by atoms with van der Waals surface area (Å²) in [5, 5.41) is 0.205. The van der Waals surface area contributed by atoms with Crippen molar-refractivity contribution in [3.05, 3.63) is 64.7 Å². The van der Waals surface area contributed by atoms with Gasteiger partial charge in [0.05, 0.1) is 15.5 Å². The molecule has 0 atom stereocenters. The molecule has 4 rings (SSSR count).